The number of anilines is 1. The van der Waals surface area contributed by atoms with Gasteiger partial charge in [-0.3, -0.25) is 4.79 Å². The summed E-state index contributed by atoms with van der Waals surface area (Å²) in [7, 11) is 2.13. The molecule has 0 unspecified atom stereocenters. The number of hydrogen-bond donors (Lipinski definition) is 1. The molecule has 0 atom stereocenters. The maximum atomic E-state index is 12.0. The molecule has 1 heterocycles. The fourth-order valence-electron chi connectivity index (χ4n) is 1.93. The van der Waals surface area contributed by atoms with Gasteiger partial charge in [-0.2, -0.15) is 5.10 Å². The van der Waals surface area contributed by atoms with E-state index in [1.54, 1.807) is 6.20 Å². The monoisotopic (exact) mass is 314 g/mol. The van der Waals surface area contributed by atoms with Crippen molar-refractivity contribution in [2.75, 3.05) is 25.5 Å². The Morgan fingerprint density at radius 2 is 2.14 bits per heavy atom. The molecule has 0 spiro atoms. The molecule has 1 aromatic rings. The van der Waals surface area contributed by atoms with Crippen LogP contribution < -0.4 is 10.9 Å². The number of halogens is 1. The molecule has 0 saturated carbocycles. The third kappa shape index (κ3) is 5.67. The number of nitrogens with one attached hydrogen (secondary N) is 1. The summed E-state index contributed by atoms with van der Waals surface area (Å²) in [6.07, 6.45) is 4.64. The Balaban J connectivity index is 2.43. The third-order valence-electron chi connectivity index (χ3n) is 3.55. The topological polar surface area (TPSA) is 50.2 Å². The summed E-state index contributed by atoms with van der Waals surface area (Å²) >= 11 is 6.09. The first-order chi connectivity index (χ1) is 9.97. The van der Waals surface area contributed by atoms with E-state index in [-0.39, 0.29) is 10.6 Å². The molecule has 21 heavy (non-hydrogen) atoms. The molecule has 120 valence electrons. The van der Waals surface area contributed by atoms with Gasteiger partial charge in [0.25, 0.3) is 5.56 Å². The van der Waals surface area contributed by atoms with Crippen molar-refractivity contribution in [1.82, 2.24) is 14.7 Å². The average Bonchev–Trinajstić information content (AvgIpc) is 2.45. The highest BCUT2D eigenvalue weighted by Crippen LogP contribution is 2.15. The molecule has 0 fully saturated rings. The highest BCUT2D eigenvalue weighted by molar-refractivity contribution is 6.32. The van der Waals surface area contributed by atoms with Gasteiger partial charge in [0.15, 0.2) is 0 Å². The number of aryl methyl sites for hydroxylation is 1. The molecular formula is C15H27ClN4O. The Morgan fingerprint density at radius 1 is 1.43 bits per heavy atom. The maximum Gasteiger partial charge on any atom is 0.287 e. The molecule has 0 saturated heterocycles. The first-order valence-corrected chi connectivity index (χ1v) is 8.04. The summed E-state index contributed by atoms with van der Waals surface area (Å²) < 4.78 is 1.41. The van der Waals surface area contributed by atoms with Crippen molar-refractivity contribution in [2.24, 2.45) is 0 Å². The number of rotatable bonds is 9. The number of hydrogen-bond acceptors (Lipinski definition) is 4. The van der Waals surface area contributed by atoms with Gasteiger partial charge in [-0.15, -0.1) is 0 Å². The van der Waals surface area contributed by atoms with Gasteiger partial charge >= 0.3 is 0 Å². The van der Waals surface area contributed by atoms with Crippen LogP contribution in [0.25, 0.3) is 0 Å². The van der Waals surface area contributed by atoms with Crippen molar-refractivity contribution in [3.05, 3.63) is 21.6 Å². The summed E-state index contributed by atoms with van der Waals surface area (Å²) in [4.78, 5) is 14.3. The fourth-order valence-corrected chi connectivity index (χ4v) is 2.14. The smallest absolute Gasteiger partial charge is 0.287 e. The normalized spacial score (nSPS) is 11.4. The summed E-state index contributed by atoms with van der Waals surface area (Å²) in [6.45, 7) is 8.85. The maximum absolute atomic E-state index is 12.0. The van der Waals surface area contributed by atoms with E-state index in [1.807, 2.05) is 6.92 Å². The molecule has 0 amide bonds. The Bertz CT molecular complexity index is 487. The van der Waals surface area contributed by atoms with Crippen molar-refractivity contribution in [1.29, 1.82) is 0 Å². The van der Waals surface area contributed by atoms with Gasteiger partial charge in [-0.25, -0.2) is 4.68 Å². The number of unbranched alkanes of at least 4 members (excludes halogenated alkanes) is 1. The molecule has 0 aliphatic rings. The van der Waals surface area contributed by atoms with Gasteiger partial charge in [0.2, 0.25) is 0 Å². The molecule has 6 heteroatoms. The highest BCUT2D eigenvalue weighted by Gasteiger charge is 2.08. The van der Waals surface area contributed by atoms with Crippen LogP contribution in [0.15, 0.2) is 11.0 Å². The molecule has 1 rings (SSSR count). The predicted molar refractivity (Wildman–Crippen MR) is 89.3 cm³/mol. The molecule has 1 aromatic heterocycles. The first kappa shape index (κ1) is 18.0. The summed E-state index contributed by atoms with van der Waals surface area (Å²) in [6, 6.07) is 0.572. The molecule has 1 N–H and O–H groups in total. The van der Waals surface area contributed by atoms with Gasteiger partial charge in [-0.05, 0) is 46.7 Å². The van der Waals surface area contributed by atoms with Crippen molar-refractivity contribution in [2.45, 2.75) is 52.6 Å². The van der Waals surface area contributed by atoms with Crippen LogP contribution in [0.3, 0.4) is 0 Å². The molecule has 0 radical (unpaired) electrons. The number of nitrogens with zero attached hydrogens (tertiary/aromatic N) is 3. The van der Waals surface area contributed by atoms with E-state index in [1.165, 1.54) is 4.68 Å². The minimum Gasteiger partial charge on any atom is -0.382 e. The Hall–Kier alpha value is -1.07. The van der Waals surface area contributed by atoms with Crippen LogP contribution in [0.1, 0.15) is 40.0 Å². The fraction of sp³-hybridized carbons (Fsp3) is 0.733. The first-order valence-electron chi connectivity index (χ1n) is 7.67. The lowest BCUT2D eigenvalue weighted by Crippen LogP contribution is -2.27. The summed E-state index contributed by atoms with van der Waals surface area (Å²) in [5.41, 5.74) is 0.411. The van der Waals surface area contributed by atoms with E-state index in [0.29, 0.717) is 18.3 Å². The van der Waals surface area contributed by atoms with Gasteiger partial charge in [0.05, 0.1) is 11.9 Å². The molecule has 0 aromatic carbocycles. The zero-order valence-electron chi connectivity index (χ0n) is 13.5. The zero-order valence-corrected chi connectivity index (χ0v) is 14.3. The lowest BCUT2D eigenvalue weighted by atomic mass is 10.2. The van der Waals surface area contributed by atoms with Crippen LogP contribution in [0.2, 0.25) is 5.02 Å². The lowest BCUT2D eigenvalue weighted by molar-refractivity contribution is 0.269. The van der Waals surface area contributed by atoms with E-state index < -0.39 is 0 Å². The second kappa shape index (κ2) is 9.05. The molecular weight excluding hydrogens is 288 g/mol. The molecule has 5 nitrogen and oxygen atoms in total. The van der Waals surface area contributed by atoms with Gasteiger partial charge < -0.3 is 10.2 Å². The van der Waals surface area contributed by atoms with Gasteiger partial charge in [-0.1, -0.05) is 18.5 Å². The zero-order chi connectivity index (χ0) is 15.8. The third-order valence-corrected chi connectivity index (χ3v) is 3.92. The predicted octanol–water partition coefficient (Wildman–Crippen LogP) is 2.84. The SMILES string of the molecule is CCCn1ncc(NCCCCN(C)C(C)C)c(Cl)c1=O. The Kier molecular flexibility index (Phi) is 7.75. The lowest BCUT2D eigenvalue weighted by Gasteiger charge is -2.20. The van der Waals surface area contributed by atoms with E-state index in [4.69, 9.17) is 11.6 Å². The highest BCUT2D eigenvalue weighted by atomic mass is 35.5. The van der Waals surface area contributed by atoms with Gasteiger partial charge in [0.1, 0.15) is 5.02 Å². The van der Waals surface area contributed by atoms with E-state index in [2.05, 4.69) is 36.2 Å². The van der Waals surface area contributed by atoms with Crippen LogP contribution in [-0.2, 0) is 6.54 Å². The van der Waals surface area contributed by atoms with Crippen LogP contribution in [-0.4, -0.2) is 40.9 Å². The largest absolute Gasteiger partial charge is 0.382 e. The standard InChI is InChI=1S/C15H27ClN4O/c1-5-9-20-15(21)14(16)13(11-18-20)17-8-6-7-10-19(4)12(2)3/h11-12,17H,5-10H2,1-4H3. The quantitative estimate of drug-likeness (QED) is 0.712. The molecule has 0 aliphatic heterocycles. The summed E-state index contributed by atoms with van der Waals surface area (Å²) in [5, 5.41) is 7.56. The van der Waals surface area contributed by atoms with Crippen LogP contribution in [0.4, 0.5) is 5.69 Å². The van der Waals surface area contributed by atoms with Crippen LogP contribution in [0, 0.1) is 0 Å². The minimum atomic E-state index is -0.219. The van der Waals surface area contributed by atoms with Crippen LogP contribution >= 0.6 is 11.6 Å². The Labute approximate surface area is 132 Å². The van der Waals surface area contributed by atoms with Crippen molar-refractivity contribution >= 4 is 17.3 Å². The van der Waals surface area contributed by atoms with Crippen LogP contribution in [0.5, 0.6) is 0 Å². The summed E-state index contributed by atoms with van der Waals surface area (Å²) in [5.74, 6) is 0. The number of aromatic nitrogens is 2. The minimum absolute atomic E-state index is 0.219. The average molecular weight is 315 g/mol. The molecule has 0 aliphatic carbocycles. The second-order valence-electron chi connectivity index (χ2n) is 5.61. The van der Waals surface area contributed by atoms with E-state index >= 15 is 0 Å². The van der Waals surface area contributed by atoms with E-state index in [0.717, 1.165) is 32.4 Å². The molecule has 0 bridgehead atoms. The van der Waals surface area contributed by atoms with E-state index in [9.17, 15) is 4.79 Å². The van der Waals surface area contributed by atoms with Crippen molar-refractivity contribution < 1.29 is 0 Å². The Morgan fingerprint density at radius 3 is 2.76 bits per heavy atom. The second-order valence-corrected chi connectivity index (χ2v) is 5.99. The van der Waals surface area contributed by atoms with Crippen molar-refractivity contribution in [3.63, 3.8) is 0 Å². The van der Waals surface area contributed by atoms with Gasteiger partial charge in [0, 0.05) is 19.1 Å². The van der Waals surface area contributed by atoms with Crippen molar-refractivity contribution in [3.8, 4) is 0 Å².